The van der Waals surface area contributed by atoms with Crippen LogP contribution in [-0.4, -0.2) is 17.5 Å². The summed E-state index contributed by atoms with van der Waals surface area (Å²) in [4.78, 5) is 17.3. The number of anilines is 1. The van der Waals surface area contributed by atoms with Crippen molar-refractivity contribution in [1.82, 2.24) is 4.98 Å². The number of carbonyl (C=O) groups is 1. The number of aromatic nitrogens is 1. The molecule has 0 atom stereocenters. The van der Waals surface area contributed by atoms with E-state index in [0.717, 1.165) is 27.6 Å². The molecule has 0 spiro atoms. The molecule has 4 nitrogen and oxygen atoms in total. The van der Waals surface area contributed by atoms with Gasteiger partial charge in [0.05, 0.1) is 17.3 Å². The summed E-state index contributed by atoms with van der Waals surface area (Å²) in [5.74, 6) is 0.569. The second-order valence-corrected chi connectivity index (χ2v) is 7.78. The minimum Gasteiger partial charge on any atom is -0.494 e. The van der Waals surface area contributed by atoms with Crippen LogP contribution in [0.4, 0.5) is 5.69 Å². The molecule has 4 rings (SSSR count). The van der Waals surface area contributed by atoms with Crippen molar-refractivity contribution in [3.63, 3.8) is 0 Å². The number of rotatable bonds is 6. The van der Waals surface area contributed by atoms with E-state index in [0.29, 0.717) is 22.9 Å². The van der Waals surface area contributed by atoms with Gasteiger partial charge in [0.15, 0.2) is 0 Å². The molecule has 6 heteroatoms. The molecular weight excluding hydrogens is 416 g/mol. The predicted molar refractivity (Wildman–Crippen MR) is 124 cm³/mol. The van der Waals surface area contributed by atoms with E-state index in [1.807, 2.05) is 60.8 Å². The Balaban J connectivity index is 1.52. The van der Waals surface area contributed by atoms with Gasteiger partial charge in [0, 0.05) is 27.8 Å². The largest absolute Gasteiger partial charge is 0.494 e. The zero-order chi connectivity index (χ0) is 20.9. The maximum absolute atomic E-state index is 12.6. The second-order valence-electron chi connectivity index (χ2n) is 6.51. The minimum atomic E-state index is -0.176. The van der Waals surface area contributed by atoms with Crippen molar-refractivity contribution in [1.29, 1.82) is 0 Å². The molecule has 3 aromatic carbocycles. The fourth-order valence-corrected chi connectivity index (χ4v) is 4.14. The predicted octanol–water partition coefficient (Wildman–Crippen LogP) is 6.78. The van der Waals surface area contributed by atoms with Crippen molar-refractivity contribution in [2.75, 3.05) is 11.9 Å². The second kappa shape index (κ2) is 9.11. The van der Waals surface area contributed by atoms with Gasteiger partial charge in [0.1, 0.15) is 10.8 Å². The molecule has 1 heterocycles. The van der Waals surface area contributed by atoms with Crippen LogP contribution in [0, 0.1) is 0 Å². The van der Waals surface area contributed by atoms with E-state index >= 15 is 0 Å². The lowest BCUT2D eigenvalue weighted by Crippen LogP contribution is -2.11. The Bertz CT molecular complexity index is 1170. The summed E-state index contributed by atoms with van der Waals surface area (Å²) in [6.07, 6.45) is 0. The number of benzene rings is 3. The molecule has 1 amide bonds. The van der Waals surface area contributed by atoms with Gasteiger partial charge < -0.3 is 10.1 Å². The van der Waals surface area contributed by atoms with E-state index in [4.69, 9.17) is 21.3 Å². The molecule has 4 aromatic rings. The fraction of sp³-hybridized carbons (Fsp3) is 0.0833. The van der Waals surface area contributed by atoms with Gasteiger partial charge in [-0.25, -0.2) is 4.98 Å². The van der Waals surface area contributed by atoms with E-state index in [9.17, 15) is 4.79 Å². The molecule has 0 aliphatic carbocycles. The lowest BCUT2D eigenvalue weighted by atomic mass is 10.1. The molecule has 1 aromatic heterocycles. The first-order valence-electron chi connectivity index (χ1n) is 9.49. The van der Waals surface area contributed by atoms with Crippen LogP contribution < -0.4 is 10.1 Å². The topological polar surface area (TPSA) is 51.2 Å². The smallest absolute Gasteiger partial charge is 0.255 e. The average Bonchev–Trinajstić information content (AvgIpc) is 3.25. The van der Waals surface area contributed by atoms with Gasteiger partial charge in [-0.1, -0.05) is 41.9 Å². The van der Waals surface area contributed by atoms with Crippen LogP contribution in [0.2, 0.25) is 5.02 Å². The number of halogens is 1. The SMILES string of the molecule is CCOc1ccc(C(=O)Nc2cccc(-c3csc(-c4ccccc4Cl)n3)c2)cc1. The highest BCUT2D eigenvalue weighted by Crippen LogP contribution is 2.33. The normalized spacial score (nSPS) is 10.6. The standard InChI is InChI=1S/C24H19ClN2O2S/c1-2-29-19-12-10-16(11-13-19)23(28)26-18-7-5-6-17(14-18)22-15-30-24(27-22)20-8-3-4-9-21(20)25/h3-15H,2H2,1H3,(H,26,28). The quantitative estimate of drug-likeness (QED) is 0.363. The number of nitrogens with one attached hydrogen (secondary N) is 1. The van der Waals surface area contributed by atoms with Gasteiger partial charge in [-0.05, 0) is 49.4 Å². The first-order valence-corrected chi connectivity index (χ1v) is 10.7. The average molecular weight is 435 g/mol. The maximum atomic E-state index is 12.6. The molecule has 0 unspecified atom stereocenters. The van der Waals surface area contributed by atoms with Crippen LogP contribution in [0.15, 0.2) is 78.2 Å². The monoisotopic (exact) mass is 434 g/mol. The van der Waals surface area contributed by atoms with Crippen LogP contribution in [0.3, 0.4) is 0 Å². The zero-order valence-corrected chi connectivity index (χ0v) is 17.8. The van der Waals surface area contributed by atoms with Crippen molar-refractivity contribution in [3.05, 3.63) is 88.8 Å². The van der Waals surface area contributed by atoms with E-state index in [-0.39, 0.29) is 5.91 Å². The Labute approximate surface area is 184 Å². The molecule has 150 valence electrons. The molecule has 0 radical (unpaired) electrons. The van der Waals surface area contributed by atoms with Gasteiger partial charge >= 0.3 is 0 Å². The van der Waals surface area contributed by atoms with E-state index < -0.39 is 0 Å². The third-order valence-electron chi connectivity index (χ3n) is 4.45. The Hall–Kier alpha value is -3.15. The van der Waals surface area contributed by atoms with Crippen molar-refractivity contribution in [2.24, 2.45) is 0 Å². The van der Waals surface area contributed by atoms with Crippen LogP contribution >= 0.6 is 22.9 Å². The molecule has 0 aliphatic heterocycles. The molecule has 0 bridgehead atoms. The first-order chi connectivity index (χ1) is 14.6. The minimum absolute atomic E-state index is 0.176. The number of ether oxygens (including phenoxy) is 1. The highest BCUT2D eigenvalue weighted by atomic mass is 35.5. The Kier molecular flexibility index (Phi) is 6.12. The third-order valence-corrected chi connectivity index (χ3v) is 5.66. The Morgan fingerprint density at radius 3 is 2.63 bits per heavy atom. The highest BCUT2D eigenvalue weighted by Gasteiger charge is 2.11. The number of hydrogen-bond acceptors (Lipinski definition) is 4. The molecule has 0 saturated heterocycles. The molecule has 30 heavy (non-hydrogen) atoms. The van der Waals surface area contributed by atoms with Crippen molar-refractivity contribution < 1.29 is 9.53 Å². The van der Waals surface area contributed by atoms with E-state index in [2.05, 4.69) is 5.32 Å². The summed E-state index contributed by atoms with van der Waals surface area (Å²) in [5, 5.41) is 6.47. The lowest BCUT2D eigenvalue weighted by Gasteiger charge is -2.08. The van der Waals surface area contributed by atoms with Gasteiger partial charge in [-0.2, -0.15) is 0 Å². The summed E-state index contributed by atoms with van der Waals surface area (Å²) in [6.45, 7) is 2.51. The highest BCUT2D eigenvalue weighted by molar-refractivity contribution is 7.13. The van der Waals surface area contributed by atoms with Crippen LogP contribution in [-0.2, 0) is 0 Å². The molecule has 0 aliphatic rings. The van der Waals surface area contributed by atoms with Gasteiger partial charge in [-0.3, -0.25) is 4.79 Å². The van der Waals surface area contributed by atoms with Crippen molar-refractivity contribution in [3.8, 4) is 27.6 Å². The maximum Gasteiger partial charge on any atom is 0.255 e. The summed E-state index contributed by atoms with van der Waals surface area (Å²) < 4.78 is 5.42. The van der Waals surface area contributed by atoms with Crippen LogP contribution in [0.5, 0.6) is 5.75 Å². The first kappa shape index (κ1) is 20.1. The number of carbonyl (C=O) groups excluding carboxylic acids is 1. The van der Waals surface area contributed by atoms with Gasteiger partial charge in [0.25, 0.3) is 5.91 Å². The number of amides is 1. The van der Waals surface area contributed by atoms with E-state index in [1.165, 1.54) is 11.3 Å². The number of thiazole rings is 1. The number of hydrogen-bond donors (Lipinski definition) is 1. The zero-order valence-electron chi connectivity index (χ0n) is 16.3. The summed E-state index contributed by atoms with van der Waals surface area (Å²) in [6, 6.07) is 22.4. The molecule has 0 fully saturated rings. The van der Waals surface area contributed by atoms with Gasteiger partial charge in [-0.15, -0.1) is 11.3 Å². The van der Waals surface area contributed by atoms with Crippen LogP contribution in [0.1, 0.15) is 17.3 Å². The number of nitrogens with zero attached hydrogens (tertiary/aromatic N) is 1. The molecule has 0 saturated carbocycles. The molecule has 1 N–H and O–H groups in total. The van der Waals surface area contributed by atoms with Crippen molar-refractivity contribution >= 4 is 34.5 Å². The molecular formula is C24H19ClN2O2S. The van der Waals surface area contributed by atoms with Crippen molar-refractivity contribution in [2.45, 2.75) is 6.92 Å². The van der Waals surface area contributed by atoms with Crippen LogP contribution in [0.25, 0.3) is 21.8 Å². The van der Waals surface area contributed by atoms with E-state index in [1.54, 1.807) is 24.3 Å². The Morgan fingerprint density at radius 2 is 1.87 bits per heavy atom. The summed E-state index contributed by atoms with van der Waals surface area (Å²) in [7, 11) is 0. The summed E-state index contributed by atoms with van der Waals surface area (Å²) >= 11 is 7.83. The lowest BCUT2D eigenvalue weighted by molar-refractivity contribution is 0.102. The third kappa shape index (κ3) is 4.53. The Morgan fingerprint density at radius 1 is 1.07 bits per heavy atom. The van der Waals surface area contributed by atoms with Gasteiger partial charge in [0.2, 0.25) is 0 Å². The fourth-order valence-electron chi connectivity index (χ4n) is 2.99. The summed E-state index contributed by atoms with van der Waals surface area (Å²) in [5.41, 5.74) is 3.95.